The van der Waals surface area contributed by atoms with Gasteiger partial charge in [0.2, 0.25) is 0 Å². The van der Waals surface area contributed by atoms with Crippen molar-refractivity contribution in [2.45, 2.75) is 13.0 Å². The van der Waals surface area contributed by atoms with Crippen LogP contribution in [0.5, 0.6) is 0 Å². The van der Waals surface area contributed by atoms with E-state index in [0.29, 0.717) is 0 Å². The smallest absolute Gasteiger partial charge is 0.0952 e. The van der Waals surface area contributed by atoms with Crippen molar-refractivity contribution in [1.29, 1.82) is 0 Å². The maximum absolute atomic E-state index is 4.38. The van der Waals surface area contributed by atoms with Crippen LogP contribution in [0.3, 0.4) is 0 Å². The summed E-state index contributed by atoms with van der Waals surface area (Å²) in [7, 11) is 1.96. The molecule has 0 saturated carbocycles. The molecular formula is C11H14BrN3S. The molecule has 0 aliphatic carbocycles. The third-order valence-corrected chi connectivity index (χ3v) is 4.25. The molecule has 0 radical (unpaired) electrons. The highest BCUT2D eigenvalue weighted by molar-refractivity contribution is 9.10. The summed E-state index contributed by atoms with van der Waals surface area (Å²) >= 11 is 5.30. The van der Waals surface area contributed by atoms with Crippen molar-refractivity contribution in [2.75, 3.05) is 13.6 Å². The molecule has 2 heterocycles. The van der Waals surface area contributed by atoms with Crippen LogP contribution in [0.15, 0.2) is 28.4 Å². The Morgan fingerprint density at radius 2 is 2.44 bits per heavy atom. The molecule has 0 aromatic carbocycles. The average molecular weight is 300 g/mol. The SMILES string of the molecule is CNCCc1cn(Cc2sccc2Br)cn1. The summed E-state index contributed by atoms with van der Waals surface area (Å²) in [5.41, 5.74) is 1.14. The molecule has 0 amide bonds. The summed E-state index contributed by atoms with van der Waals surface area (Å²) in [5, 5.41) is 5.22. The van der Waals surface area contributed by atoms with Gasteiger partial charge >= 0.3 is 0 Å². The van der Waals surface area contributed by atoms with E-state index in [1.54, 1.807) is 11.3 Å². The molecule has 0 aliphatic rings. The second-order valence-corrected chi connectivity index (χ2v) is 5.44. The molecule has 0 unspecified atom stereocenters. The zero-order valence-corrected chi connectivity index (χ0v) is 11.5. The molecule has 2 rings (SSSR count). The second kappa shape index (κ2) is 5.61. The number of hydrogen-bond donors (Lipinski definition) is 1. The Bertz CT molecular complexity index is 450. The molecule has 0 saturated heterocycles. The van der Waals surface area contributed by atoms with Crippen LogP contribution < -0.4 is 5.32 Å². The van der Waals surface area contributed by atoms with Crippen molar-refractivity contribution in [3.8, 4) is 0 Å². The van der Waals surface area contributed by atoms with Gasteiger partial charge in [0.05, 0.1) is 18.6 Å². The van der Waals surface area contributed by atoms with Crippen LogP contribution >= 0.6 is 27.3 Å². The molecule has 0 aliphatic heterocycles. The first-order valence-corrected chi connectivity index (χ1v) is 6.84. The fourth-order valence-electron chi connectivity index (χ4n) is 1.48. The molecule has 2 aromatic rings. The summed E-state index contributed by atoms with van der Waals surface area (Å²) in [5.74, 6) is 0. The molecular weight excluding hydrogens is 286 g/mol. The summed E-state index contributed by atoms with van der Waals surface area (Å²) in [6.07, 6.45) is 5.00. The van der Waals surface area contributed by atoms with Gasteiger partial charge in [0.15, 0.2) is 0 Å². The van der Waals surface area contributed by atoms with Crippen molar-refractivity contribution < 1.29 is 0 Å². The van der Waals surface area contributed by atoms with Crippen LogP contribution in [0, 0.1) is 0 Å². The second-order valence-electron chi connectivity index (χ2n) is 3.58. The van der Waals surface area contributed by atoms with E-state index in [1.165, 1.54) is 9.35 Å². The lowest BCUT2D eigenvalue weighted by molar-refractivity contribution is 0.775. The zero-order chi connectivity index (χ0) is 11.4. The maximum atomic E-state index is 4.38. The molecule has 16 heavy (non-hydrogen) atoms. The van der Waals surface area contributed by atoms with Crippen molar-refractivity contribution in [3.05, 3.63) is 39.0 Å². The highest BCUT2D eigenvalue weighted by Crippen LogP contribution is 2.23. The van der Waals surface area contributed by atoms with Gasteiger partial charge in [-0.1, -0.05) is 0 Å². The standard InChI is InChI=1S/C11H14BrN3S/c1-13-4-2-9-6-15(8-14-9)7-11-10(12)3-5-16-11/h3,5-6,8,13H,2,4,7H2,1H3. The molecule has 5 heteroatoms. The molecule has 2 aromatic heterocycles. The summed E-state index contributed by atoms with van der Waals surface area (Å²) < 4.78 is 3.31. The Balaban J connectivity index is 2.00. The minimum atomic E-state index is 0.894. The van der Waals surface area contributed by atoms with Crippen molar-refractivity contribution >= 4 is 27.3 Å². The quantitative estimate of drug-likeness (QED) is 0.919. The van der Waals surface area contributed by atoms with Gasteiger partial charge in [0.25, 0.3) is 0 Å². The first-order chi connectivity index (χ1) is 7.79. The third-order valence-electron chi connectivity index (χ3n) is 2.34. The first kappa shape index (κ1) is 11.8. The lowest BCUT2D eigenvalue weighted by Gasteiger charge is -1.99. The molecule has 0 fully saturated rings. The third kappa shape index (κ3) is 2.93. The average Bonchev–Trinajstić information content (AvgIpc) is 2.87. The summed E-state index contributed by atoms with van der Waals surface area (Å²) in [6.45, 7) is 1.87. The highest BCUT2D eigenvalue weighted by atomic mass is 79.9. The number of imidazole rings is 1. The fourth-order valence-corrected chi connectivity index (χ4v) is 2.96. The molecule has 0 atom stereocenters. The number of halogens is 1. The van der Waals surface area contributed by atoms with Crippen molar-refractivity contribution in [2.24, 2.45) is 0 Å². The van der Waals surface area contributed by atoms with E-state index in [1.807, 2.05) is 13.4 Å². The minimum Gasteiger partial charge on any atom is -0.332 e. The maximum Gasteiger partial charge on any atom is 0.0952 e. The van der Waals surface area contributed by atoms with E-state index in [4.69, 9.17) is 0 Å². The Morgan fingerprint density at radius 3 is 3.12 bits per heavy atom. The number of rotatable bonds is 5. The van der Waals surface area contributed by atoms with Gasteiger partial charge in [-0.3, -0.25) is 0 Å². The van der Waals surface area contributed by atoms with E-state index >= 15 is 0 Å². The first-order valence-electron chi connectivity index (χ1n) is 5.16. The minimum absolute atomic E-state index is 0.894. The Kier molecular flexibility index (Phi) is 4.15. The monoisotopic (exact) mass is 299 g/mol. The predicted molar refractivity (Wildman–Crippen MR) is 71.0 cm³/mol. The van der Waals surface area contributed by atoms with Crippen molar-refractivity contribution in [1.82, 2.24) is 14.9 Å². The van der Waals surface area contributed by atoms with Crippen molar-refractivity contribution in [3.63, 3.8) is 0 Å². The van der Waals surface area contributed by atoms with E-state index in [9.17, 15) is 0 Å². The molecule has 1 N–H and O–H groups in total. The number of hydrogen-bond acceptors (Lipinski definition) is 3. The van der Waals surface area contributed by atoms with Gasteiger partial charge < -0.3 is 9.88 Å². The number of thiophene rings is 1. The number of nitrogens with one attached hydrogen (secondary N) is 1. The number of nitrogens with zero attached hydrogens (tertiary/aromatic N) is 2. The van der Waals surface area contributed by atoms with Crippen LogP contribution in [0.25, 0.3) is 0 Å². The lowest BCUT2D eigenvalue weighted by Crippen LogP contribution is -2.10. The van der Waals surface area contributed by atoms with Gasteiger partial charge in [0.1, 0.15) is 0 Å². The van der Waals surface area contributed by atoms with E-state index < -0.39 is 0 Å². The Hall–Kier alpha value is -0.650. The van der Waals surface area contributed by atoms with Crippen LogP contribution in [-0.2, 0) is 13.0 Å². The molecule has 3 nitrogen and oxygen atoms in total. The van der Waals surface area contributed by atoms with Crippen LogP contribution in [0.2, 0.25) is 0 Å². The fraction of sp³-hybridized carbons (Fsp3) is 0.364. The largest absolute Gasteiger partial charge is 0.332 e. The van der Waals surface area contributed by atoms with E-state index in [-0.39, 0.29) is 0 Å². The summed E-state index contributed by atoms with van der Waals surface area (Å²) in [4.78, 5) is 5.71. The Labute approximate surface area is 108 Å². The Morgan fingerprint density at radius 1 is 1.56 bits per heavy atom. The van der Waals surface area contributed by atoms with Gasteiger partial charge in [0, 0.05) is 28.5 Å². The van der Waals surface area contributed by atoms with Gasteiger partial charge in [-0.25, -0.2) is 4.98 Å². The van der Waals surface area contributed by atoms with Crippen LogP contribution in [0.1, 0.15) is 10.6 Å². The number of aromatic nitrogens is 2. The van der Waals surface area contributed by atoms with Crippen LogP contribution in [-0.4, -0.2) is 23.1 Å². The lowest BCUT2D eigenvalue weighted by atomic mass is 10.3. The van der Waals surface area contributed by atoms with Crippen LogP contribution in [0.4, 0.5) is 0 Å². The van der Waals surface area contributed by atoms with Gasteiger partial charge in [-0.15, -0.1) is 11.3 Å². The van der Waals surface area contributed by atoms with E-state index in [2.05, 4.69) is 48.4 Å². The predicted octanol–water partition coefficient (Wildman–Crippen LogP) is 2.52. The number of likely N-dealkylation sites (N-methyl/N-ethyl adjacent to an activating group) is 1. The van der Waals surface area contributed by atoms with E-state index in [0.717, 1.165) is 25.2 Å². The normalized spacial score (nSPS) is 10.9. The zero-order valence-electron chi connectivity index (χ0n) is 9.11. The van der Waals surface area contributed by atoms with Gasteiger partial charge in [-0.05, 0) is 34.4 Å². The molecule has 86 valence electrons. The van der Waals surface area contributed by atoms with Gasteiger partial charge in [-0.2, -0.15) is 0 Å². The summed E-state index contributed by atoms with van der Waals surface area (Å²) in [6, 6.07) is 2.08. The topological polar surface area (TPSA) is 29.9 Å². The molecule has 0 bridgehead atoms. The highest BCUT2D eigenvalue weighted by Gasteiger charge is 2.03. The molecule has 0 spiro atoms.